The van der Waals surface area contributed by atoms with Crippen LogP contribution in [0.15, 0.2) is 54.6 Å². The summed E-state index contributed by atoms with van der Waals surface area (Å²) in [6.45, 7) is 4.03. The number of amides is 1. The molecule has 0 saturated carbocycles. The van der Waals surface area contributed by atoms with Gasteiger partial charge in [0.25, 0.3) is 5.91 Å². The molecular formula is C27H25F4NO4. The summed E-state index contributed by atoms with van der Waals surface area (Å²) in [7, 11) is 0. The molecule has 0 saturated heterocycles. The van der Waals surface area contributed by atoms with E-state index in [1.54, 1.807) is 43.3 Å². The van der Waals surface area contributed by atoms with Gasteiger partial charge < -0.3 is 15.2 Å². The van der Waals surface area contributed by atoms with Crippen LogP contribution < -0.4 is 10.1 Å². The van der Waals surface area contributed by atoms with Crippen LogP contribution in [0, 0.1) is 12.7 Å². The molecule has 3 rings (SSSR count). The maximum absolute atomic E-state index is 14.2. The number of benzene rings is 3. The predicted molar refractivity (Wildman–Crippen MR) is 127 cm³/mol. The van der Waals surface area contributed by atoms with Gasteiger partial charge in [-0.2, -0.15) is 13.2 Å². The third-order valence-electron chi connectivity index (χ3n) is 5.60. The monoisotopic (exact) mass is 503 g/mol. The molecule has 0 atom stereocenters. The Labute approximate surface area is 205 Å². The normalized spacial score (nSPS) is 11.3. The molecule has 0 fully saturated rings. The molecule has 2 N–H and O–H groups in total. The lowest BCUT2D eigenvalue weighted by Crippen LogP contribution is -2.24. The number of carbonyl (C=O) groups excluding carboxylic acids is 1. The summed E-state index contributed by atoms with van der Waals surface area (Å²) in [6.07, 6.45) is -3.03. The first-order valence-electron chi connectivity index (χ1n) is 11.3. The molecule has 36 heavy (non-hydrogen) atoms. The Bertz CT molecular complexity index is 1270. The molecule has 3 aromatic rings. The van der Waals surface area contributed by atoms with Gasteiger partial charge in [-0.25, -0.2) is 9.18 Å². The van der Waals surface area contributed by atoms with Crippen LogP contribution in [0.2, 0.25) is 0 Å². The Morgan fingerprint density at radius 1 is 0.972 bits per heavy atom. The van der Waals surface area contributed by atoms with Crippen LogP contribution in [-0.2, 0) is 12.7 Å². The number of carboxylic acids is 1. The maximum Gasteiger partial charge on any atom is 0.416 e. The summed E-state index contributed by atoms with van der Waals surface area (Å²) >= 11 is 0. The average Bonchev–Trinajstić information content (AvgIpc) is 2.82. The minimum Gasteiger partial charge on any atom is -0.493 e. The highest BCUT2D eigenvalue weighted by molar-refractivity contribution is 5.94. The highest BCUT2D eigenvalue weighted by Crippen LogP contribution is 2.31. The second-order valence-corrected chi connectivity index (χ2v) is 8.23. The lowest BCUT2D eigenvalue weighted by Gasteiger charge is -2.15. The van der Waals surface area contributed by atoms with Gasteiger partial charge in [0.15, 0.2) is 0 Å². The van der Waals surface area contributed by atoms with Gasteiger partial charge in [-0.15, -0.1) is 0 Å². The van der Waals surface area contributed by atoms with Crippen LogP contribution in [0.25, 0.3) is 11.1 Å². The Hall–Kier alpha value is -3.88. The van der Waals surface area contributed by atoms with Gasteiger partial charge in [0.1, 0.15) is 11.6 Å². The molecule has 9 heteroatoms. The third kappa shape index (κ3) is 6.41. The van der Waals surface area contributed by atoms with E-state index in [1.807, 2.05) is 6.92 Å². The maximum atomic E-state index is 14.2. The molecule has 0 aromatic heterocycles. The number of nitrogens with one attached hydrogen (secondary N) is 1. The fourth-order valence-electron chi connectivity index (χ4n) is 3.54. The van der Waals surface area contributed by atoms with Crippen molar-refractivity contribution in [2.75, 3.05) is 6.61 Å². The van der Waals surface area contributed by atoms with E-state index in [0.717, 1.165) is 18.9 Å². The SMILES string of the molecule is CCCCOc1ccc(-c2ccc(C)c(C(=O)O)c2)cc1CNC(=O)c1ccc(C(F)(F)F)cc1F. The number of hydrogen-bond donors (Lipinski definition) is 2. The fourth-order valence-corrected chi connectivity index (χ4v) is 3.54. The van der Waals surface area contributed by atoms with Crippen LogP contribution >= 0.6 is 0 Å². The van der Waals surface area contributed by atoms with E-state index in [9.17, 15) is 32.3 Å². The summed E-state index contributed by atoms with van der Waals surface area (Å²) in [6, 6.07) is 11.9. The quantitative estimate of drug-likeness (QED) is 0.254. The molecule has 0 radical (unpaired) electrons. The molecule has 190 valence electrons. The number of alkyl halides is 3. The number of aryl methyl sites for hydroxylation is 1. The first kappa shape index (κ1) is 26.7. The molecule has 0 heterocycles. The van der Waals surface area contributed by atoms with Crippen LogP contribution in [-0.4, -0.2) is 23.6 Å². The van der Waals surface area contributed by atoms with Crippen LogP contribution in [0.3, 0.4) is 0 Å². The highest BCUT2D eigenvalue weighted by atomic mass is 19.4. The van der Waals surface area contributed by atoms with Crippen LogP contribution in [0.1, 0.15) is 57.2 Å². The molecule has 0 aliphatic heterocycles. The molecule has 0 bridgehead atoms. The van der Waals surface area contributed by atoms with Crippen molar-refractivity contribution in [2.24, 2.45) is 0 Å². The van der Waals surface area contributed by atoms with Gasteiger partial charge in [-0.3, -0.25) is 4.79 Å². The van der Waals surface area contributed by atoms with E-state index in [2.05, 4.69) is 5.32 Å². The average molecular weight is 503 g/mol. The number of rotatable bonds is 9. The van der Waals surface area contributed by atoms with E-state index < -0.39 is 35.0 Å². The third-order valence-corrected chi connectivity index (χ3v) is 5.60. The van der Waals surface area contributed by atoms with Crippen molar-refractivity contribution in [2.45, 2.75) is 39.4 Å². The van der Waals surface area contributed by atoms with Crippen molar-refractivity contribution in [3.05, 3.63) is 88.2 Å². The topological polar surface area (TPSA) is 75.6 Å². The first-order valence-corrected chi connectivity index (χ1v) is 11.3. The largest absolute Gasteiger partial charge is 0.493 e. The fraction of sp³-hybridized carbons (Fsp3) is 0.259. The van der Waals surface area contributed by atoms with Crippen molar-refractivity contribution >= 4 is 11.9 Å². The number of carbonyl (C=O) groups is 2. The molecule has 5 nitrogen and oxygen atoms in total. The zero-order valence-electron chi connectivity index (χ0n) is 19.7. The van der Waals surface area contributed by atoms with Crippen LogP contribution in [0.5, 0.6) is 5.75 Å². The minimum absolute atomic E-state index is 0.0910. The lowest BCUT2D eigenvalue weighted by molar-refractivity contribution is -0.137. The van der Waals surface area contributed by atoms with Crippen molar-refractivity contribution in [1.82, 2.24) is 5.32 Å². The zero-order valence-corrected chi connectivity index (χ0v) is 19.7. The van der Waals surface area contributed by atoms with Crippen molar-refractivity contribution < 1.29 is 37.0 Å². The molecule has 0 aliphatic rings. The molecular weight excluding hydrogens is 478 g/mol. The molecule has 1 amide bonds. The number of halogens is 4. The number of hydrogen-bond acceptors (Lipinski definition) is 3. The summed E-state index contributed by atoms with van der Waals surface area (Å²) < 4.78 is 58.4. The highest BCUT2D eigenvalue weighted by Gasteiger charge is 2.31. The number of unbranched alkanes of at least 4 members (excludes halogenated alkanes) is 1. The van der Waals surface area contributed by atoms with E-state index in [0.29, 0.717) is 40.7 Å². The lowest BCUT2D eigenvalue weighted by atomic mass is 9.98. The van der Waals surface area contributed by atoms with Crippen molar-refractivity contribution in [3.8, 4) is 16.9 Å². The molecule has 0 aliphatic carbocycles. The molecule has 3 aromatic carbocycles. The van der Waals surface area contributed by atoms with Crippen LogP contribution in [0.4, 0.5) is 17.6 Å². The summed E-state index contributed by atoms with van der Waals surface area (Å²) in [4.78, 5) is 24.1. The van der Waals surface area contributed by atoms with E-state index in [1.165, 1.54) is 0 Å². The number of carboxylic acid groups (broad SMARTS) is 1. The zero-order chi connectivity index (χ0) is 26.5. The van der Waals surface area contributed by atoms with E-state index in [4.69, 9.17) is 4.74 Å². The van der Waals surface area contributed by atoms with E-state index in [-0.39, 0.29) is 18.2 Å². The number of aromatic carboxylic acids is 1. The summed E-state index contributed by atoms with van der Waals surface area (Å²) in [5.74, 6) is -2.74. The number of ether oxygens (including phenoxy) is 1. The summed E-state index contributed by atoms with van der Waals surface area (Å²) in [5.41, 5.74) is 0.915. The minimum atomic E-state index is -4.72. The van der Waals surface area contributed by atoms with E-state index >= 15 is 0 Å². The predicted octanol–water partition coefficient (Wildman–Crippen LogP) is 6.63. The smallest absolute Gasteiger partial charge is 0.416 e. The van der Waals surface area contributed by atoms with Gasteiger partial charge in [0.05, 0.1) is 23.3 Å². The van der Waals surface area contributed by atoms with Gasteiger partial charge >= 0.3 is 12.1 Å². The second kappa shape index (κ2) is 11.2. The van der Waals surface area contributed by atoms with Gasteiger partial charge in [-0.05, 0) is 66.4 Å². The summed E-state index contributed by atoms with van der Waals surface area (Å²) in [5, 5.41) is 12.0. The standard InChI is InChI=1S/C27H25F4NO4/c1-3-4-11-36-24-10-7-17(18-6-5-16(2)22(13-18)26(34)35)12-19(24)15-32-25(33)21-9-8-20(14-23(21)28)27(29,30)31/h5-10,12-14H,3-4,11,15H2,1-2H3,(H,32,33)(H,34,35). The molecule has 0 spiro atoms. The van der Waals surface area contributed by atoms with Crippen molar-refractivity contribution in [3.63, 3.8) is 0 Å². The Morgan fingerprint density at radius 2 is 1.67 bits per heavy atom. The van der Waals surface area contributed by atoms with Crippen molar-refractivity contribution in [1.29, 1.82) is 0 Å². The van der Waals surface area contributed by atoms with Gasteiger partial charge in [0, 0.05) is 12.1 Å². The first-order chi connectivity index (χ1) is 17.0. The Balaban J connectivity index is 1.88. The molecule has 0 unspecified atom stereocenters. The Kier molecular flexibility index (Phi) is 8.34. The van der Waals surface area contributed by atoms with Gasteiger partial charge in [-0.1, -0.05) is 31.5 Å². The van der Waals surface area contributed by atoms with Gasteiger partial charge in [0.2, 0.25) is 0 Å². The Morgan fingerprint density at radius 3 is 2.31 bits per heavy atom. The second-order valence-electron chi connectivity index (χ2n) is 8.23.